The van der Waals surface area contributed by atoms with Gasteiger partial charge in [0.25, 0.3) is 0 Å². The minimum absolute atomic E-state index is 0.0568. The van der Waals surface area contributed by atoms with Crippen molar-refractivity contribution in [1.29, 1.82) is 0 Å². The van der Waals surface area contributed by atoms with Crippen molar-refractivity contribution in [1.82, 2.24) is 5.32 Å². The maximum atomic E-state index is 11.6. The van der Waals surface area contributed by atoms with Crippen molar-refractivity contribution in [2.75, 3.05) is 0 Å². The number of carbonyl (C=O) groups excluding carboxylic acids is 1. The average molecular weight is 201 g/mol. The lowest BCUT2D eigenvalue weighted by molar-refractivity contribution is -0.117. The van der Waals surface area contributed by atoms with Crippen LogP contribution in [0.25, 0.3) is 6.08 Å². The highest BCUT2D eigenvalue weighted by Crippen LogP contribution is 2.19. The summed E-state index contributed by atoms with van der Waals surface area (Å²) in [4.78, 5) is 11.6. The SMILES string of the molecule is C/C(=C\c1ccccc1)C(=O)NC1CC1. The van der Waals surface area contributed by atoms with E-state index in [1.165, 1.54) is 0 Å². The molecule has 0 spiro atoms. The van der Waals surface area contributed by atoms with Crippen molar-refractivity contribution in [3.63, 3.8) is 0 Å². The van der Waals surface area contributed by atoms with Gasteiger partial charge in [0.1, 0.15) is 0 Å². The normalized spacial score (nSPS) is 16.2. The van der Waals surface area contributed by atoms with Crippen molar-refractivity contribution in [3.8, 4) is 0 Å². The molecule has 1 aliphatic carbocycles. The summed E-state index contributed by atoms with van der Waals surface area (Å²) in [5, 5.41) is 2.97. The van der Waals surface area contributed by atoms with E-state index in [-0.39, 0.29) is 5.91 Å². The van der Waals surface area contributed by atoms with Gasteiger partial charge in [-0.3, -0.25) is 4.79 Å². The molecule has 2 heteroatoms. The molecule has 2 rings (SSSR count). The first-order valence-electron chi connectivity index (χ1n) is 5.30. The molecule has 0 aromatic heterocycles. The second-order valence-electron chi connectivity index (χ2n) is 3.99. The summed E-state index contributed by atoms with van der Waals surface area (Å²) in [5.41, 5.74) is 1.84. The van der Waals surface area contributed by atoms with E-state index >= 15 is 0 Å². The smallest absolute Gasteiger partial charge is 0.247 e. The molecule has 0 bridgehead atoms. The molecule has 1 saturated carbocycles. The third-order valence-electron chi connectivity index (χ3n) is 2.45. The number of hydrogen-bond acceptors (Lipinski definition) is 1. The van der Waals surface area contributed by atoms with Gasteiger partial charge in [-0.2, -0.15) is 0 Å². The Kier molecular flexibility index (Phi) is 2.86. The fourth-order valence-corrected chi connectivity index (χ4v) is 1.39. The topological polar surface area (TPSA) is 29.1 Å². The van der Waals surface area contributed by atoms with Crippen molar-refractivity contribution < 1.29 is 4.79 Å². The molecular weight excluding hydrogens is 186 g/mol. The van der Waals surface area contributed by atoms with Crippen LogP contribution in [0.1, 0.15) is 25.3 Å². The van der Waals surface area contributed by atoms with Crippen LogP contribution in [0.2, 0.25) is 0 Å². The fraction of sp³-hybridized carbons (Fsp3) is 0.308. The molecule has 0 radical (unpaired) electrons. The fourth-order valence-electron chi connectivity index (χ4n) is 1.39. The third-order valence-corrected chi connectivity index (χ3v) is 2.45. The lowest BCUT2D eigenvalue weighted by Crippen LogP contribution is -2.25. The van der Waals surface area contributed by atoms with Crippen LogP contribution in [0, 0.1) is 0 Å². The van der Waals surface area contributed by atoms with Crippen LogP contribution in [0.5, 0.6) is 0 Å². The van der Waals surface area contributed by atoms with Crippen molar-refractivity contribution in [3.05, 3.63) is 41.5 Å². The minimum Gasteiger partial charge on any atom is -0.350 e. The van der Waals surface area contributed by atoms with Crippen molar-refractivity contribution >= 4 is 12.0 Å². The molecular formula is C13H15NO. The summed E-state index contributed by atoms with van der Waals surface area (Å²) >= 11 is 0. The lowest BCUT2D eigenvalue weighted by Gasteiger charge is -2.02. The van der Waals surface area contributed by atoms with Crippen LogP contribution in [0.15, 0.2) is 35.9 Å². The van der Waals surface area contributed by atoms with E-state index in [1.807, 2.05) is 43.3 Å². The molecule has 1 fully saturated rings. The van der Waals surface area contributed by atoms with Crippen LogP contribution in [-0.4, -0.2) is 11.9 Å². The monoisotopic (exact) mass is 201 g/mol. The van der Waals surface area contributed by atoms with Crippen molar-refractivity contribution in [2.45, 2.75) is 25.8 Å². The van der Waals surface area contributed by atoms with Gasteiger partial charge in [0.2, 0.25) is 5.91 Å². The lowest BCUT2D eigenvalue weighted by atomic mass is 10.1. The van der Waals surface area contributed by atoms with E-state index in [9.17, 15) is 4.79 Å². The van der Waals surface area contributed by atoms with E-state index in [0.29, 0.717) is 6.04 Å². The molecule has 0 saturated heterocycles. The molecule has 0 unspecified atom stereocenters. The second kappa shape index (κ2) is 4.30. The number of carbonyl (C=O) groups is 1. The van der Waals surface area contributed by atoms with Crippen LogP contribution in [-0.2, 0) is 4.79 Å². The van der Waals surface area contributed by atoms with Gasteiger partial charge in [-0.25, -0.2) is 0 Å². The zero-order chi connectivity index (χ0) is 10.7. The quantitative estimate of drug-likeness (QED) is 0.747. The molecule has 1 aliphatic rings. The molecule has 0 atom stereocenters. The molecule has 0 aliphatic heterocycles. The minimum atomic E-state index is 0.0568. The maximum Gasteiger partial charge on any atom is 0.247 e. The van der Waals surface area contributed by atoms with Crippen LogP contribution in [0.4, 0.5) is 0 Å². The summed E-state index contributed by atoms with van der Waals surface area (Å²) in [6.07, 6.45) is 4.17. The van der Waals surface area contributed by atoms with Crippen molar-refractivity contribution in [2.24, 2.45) is 0 Å². The van der Waals surface area contributed by atoms with Gasteiger partial charge >= 0.3 is 0 Å². The predicted octanol–water partition coefficient (Wildman–Crippen LogP) is 2.37. The highest BCUT2D eigenvalue weighted by molar-refractivity contribution is 5.97. The molecule has 2 nitrogen and oxygen atoms in total. The van der Waals surface area contributed by atoms with Gasteiger partial charge in [0, 0.05) is 11.6 Å². The first-order chi connectivity index (χ1) is 7.25. The molecule has 1 aromatic carbocycles. The number of hydrogen-bond donors (Lipinski definition) is 1. The van der Waals surface area contributed by atoms with Gasteiger partial charge < -0.3 is 5.32 Å². The Bertz CT molecular complexity index is 377. The number of benzene rings is 1. The van der Waals surface area contributed by atoms with Crippen LogP contribution < -0.4 is 5.32 Å². The number of rotatable bonds is 3. The molecule has 78 valence electrons. The van der Waals surface area contributed by atoms with Crippen LogP contribution >= 0.6 is 0 Å². The first-order valence-corrected chi connectivity index (χ1v) is 5.30. The first kappa shape index (κ1) is 9.97. The maximum absolute atomic E-state index is 11.6. The molecule has 15 heavy (non-hydrogen) atoms. The average Bonchev–Trinajstić information content (AvgIpc) is 3.03. The number of nitrogens with one attached hydrogen (secondary N) is 1. The number of amides is 1. The third kappa shape index (κ3) is 2.94. The molecule has 1 aromatic rings. The van der Waals surface area contributed by atoms with E-state index in [2.05, 4.69) is 5.32 Å². The van der Waals surface area contributed by atoms with Gasteiger partial charge in [-0.1, -0.05) is 30.3 Å². The highest BCUT2D eigenvalue weighted by Gasteiger charge is 2.23. The van der Waals surface area contributed by atoms with Crippen LogP contribution in [0.3, 0.4) is 0 Å². The second-order valence-corrected chi connectivity index (χ2v) is 3.99. The van der Waals surface area contributed by atoms with E-state index < -0.39 is 0 Å². The zero-order valence-corrected chi connectivity index (χ0v) is 8.86. The van der Waals surface area contributed by atoms with E-state index in [1.54, 1.807) is 0 Å². The Labute approximate surface area is 90.0 Å². The Morgan fingerprint density at radius 1 is 1.33 bits per heavy atom. The summed E-state index contributed by atoms with van der Waals surface area (Å²) in [7, 11) is 0. The van der Waals surface area contributed by atoms with E-state index in [0.717, 1.165) is 24.0 Å². The molecule has 0 heterocycles. The van der Waals surface area contributed by atoms with Gasteiger partial charge in [-0.15, -0.1) is 0 Å². The summed E-state index contributed by atoms with van der Waals surface area (Å²) in [6.45, 7) is 1.85. The molecule has 1 N–H and O–H groups in total. The van der Waals surface area contributed by atoms with Gasteiger partial charge in [0.05, 0.1) is 0 Å². The van der Waals surface area contributed by atoms with E-state index in [4.69, 9.17) is 0 Å². The summed E-state index contributed by atoms with van der Waals surface area (Å²) < 4.78 is 0. The highest BCUT2D eigenvalue weighted by atomic mass is 16.1. The molecule has 1 amide bonds. The Balaban J connectivity index is 2.02. The Hall–Kier alpha value is -1.57. The predicted molar refractivity (Wildman–Crippen MR) is 61.3 cm³/mol. The summed E-state index contributed by atoms with van der Waals surface area (Å²) in [6, 6.07) is 10.3. The summed E-state index contributed by atoms with van der Waals surface area (Å²) in [5.74, 6) is 0.0568. The Morgan fingerprint density at radius 3 is 2.60 bits per heavy atom. The Morgan fingerprint density at radius 2 is 2.00 bits per heavy atom. The zero-order valence-electron chi connectivity index (χ0n) is 8.86. The standard InChI is InChI=1S/C13H15NO/c1-10(13(15)14-12-7-8-12)9-11-5-3-2-4-6-11/h2-6,9,12H,7-8H2,1H3,(H,14,15)/b10-9+. The van der Waals surface area contributed by atoms with Gasteiger partial charge in [-0.05, 0) is 31.4 Å². The largest absolute Gasteiger partial charge is 0.350 e. The van der Waals surface area contributed by atoms with Gasteiger partial charge in [0.15, 0.2) is 0 Å².